The van der Waals surface area contributed by atoms with Crippen molar-refractivity contribution in [3.63, 3.8) is 0 Å². The number of thiophene rings is 1. The molecule has 0 aliphatic carbocycles. The maximum atomic E-state index is 12.4. The van der Waals surface area contributed by atoms with Crippen LogP contribution in [0.4, 0.5) is 0 Å². The quantitative estimate of drug-likeness (QED) is 0.854. The molecule has 0 spiro atoms. The number of carbonyl (C=O) groups is 2. The largest absolute Gasteiger partial charge is 0.442 e. The maximum Gasteiger partial charge on any atom is 0.274 e. The summed E-state index contributed by atoms with van der Waals surface area (Å²) in [7, 11) is 0. The Morgan fingerprint density at radius 1 is 1.43 bits per heavy atom. The molecule has 0 saturated carbocycles. The van der Waals surface area contributed by atoms with Gasteiger partial charge in [0.25, 0.3) is 5.91 Å². The number of rotatable bonds is 6. The molecule has 7 heteroatoms. The number of carbonyl (C=O) groups excluding carboxylic acids is 2. The minimum atomic E-state index is -1.07. The van der Waals surface area contributed by atoms with Crippen LogP contribution in [0.25, 0.3) is 10.6 Å². The Morgan fingerprint density at radius 2 is 2.14 bits per heavy atom. The zero-order chi connectivity index (χ0) is 15.5. The molecular formula is C14H17N3O3S. The van der Waals surface area contributed by atoms with Gasteiger partial charge in [-0.3, -0.25) is 9.59 Å². The van der Waals surface area contributed by atoms with Crippen LogP contribution in [0.3, 0.4) is 0 Å². The molecular weight excluding hydrogens is 290 g/mol. The van der Waals surface area contributed by atoms with E-state index in [-0.39, 0.29) is 5.69 Å². The first-order chi connectivity index (χ1) is 10.0. The number of oxazole rings is 1. The monoisotopic (exact) mass is 307 g/mol. The summed E-state index contributed by atoms with van der Waals surface area (Å²) in [5.41, 5.74) is 4.52. The van der Waals surface area contributed by atoms with Crippen molar-refractivity contribution in [2.24, 2.45) is 5.73 Å². The second-order valence-electron chi connectivity index (χ2n) is 4.61. The SMILES string of the molecule is CCC(CC)(NC(=O)c1ncoc1-c1cccs1)C(N)=O. The third-order valence-electron chi connectivity index (χ3n) is 3.56. The van der Waals surface area contributed by atoms with Gasteiger partial charge in [0.15, 0.2) is 17.8 Å². The molecule has 6 nitrogen and oxygen atoms in total. The number of nitrogens with one attached hydrogen (secondary N) is 1. The van der Waals surface area contributed by atoms with Gasteiger partial charge in [0, 0.05) is 0 Å². The highest BCUT2D eigenvalue weighted by Gasteiger charge is 2.36. The molecule has 2 amide bonds. The average Bonchev–Trinajstić information content (AvgIpc) is 3.13. The van der Waals surface area contributed by atoms with Crippen molar-refractivity contribution in [2.75, 3.05) is 0 Å². The third-order valence-corrected chi connectivity index (χ3v) is 4.43. The standard InChI is InChI=1S/C14H17N3O3S/c1-3-14(4-2,13(15)19)17-12(18)10-11(20-8-16-10)9-6-5-7-21-9/h5-8H,3-4H2,1-2H3,(H2,15,19)(H,17,18). The molecule has 0 unspecified atom stereocenters. The Morgan fingerprint density at radius 3 is 2.67 bits per heavy atom. The molecule has 0 bridgehead atoms. The molecule has 0 aromatic carbocycles. The number of nitrogens with zero attached hydrogens (tertiary/aromatic N) is 1. The minimum Gasteiger partial charge on any atom is -0.442 e. The normalized spacial score (nSPS) is 11.3. The van der Waals surface area contributed by atoms with Crippen LogP contribution in [0, 0.1) is 0 Å². The second-order valence-corrected chi connectivity index (χ2v) is 5.56. The van der Waals surface area contributed by atoms with E-state index in [2.05, 4.69) is 10.3 Å². The summed E-state index contributed by atoms with van der Waals surface area (Å²) < 4.78 is 5.29. The fourth-order valence-corrected chi connectivity index (χ4v) is 2.82. The molecule has 0 radical (unpaired) electrons. The molecule has 0 fully saturated rings. The molecule has 3 N–H and O–H groups in total. The topological polar surface area (TPSA) is 98.2 Å². The van der Waals surface area contributed by atoms with E-state index in [1.165, 1.54) is 17.7 Å². The maximum absolute atomic E-state index is 12.4. The van der Waals surface area contributed by atoms with E-state index in [1.54, 1.807) is 13.8 Å². The lowest BCUT2D eigenvalue weighted by molar-refractivity contribution is -0.124. The first-order valence-electron chi connectivity index (χ1n) is 6.64. The molecule has 0 atom stereocenters. The van der Waals surface area contributed by atoms with Crippen LogP contribution in [0.1, 0.15) is 37.2 Å². The van der Waals surface area contributed by atoms with Crippen molar-refractivity contribution >= 4 is 23.2 Å². The van der Waals surface area contributed by atoms with Crippen LogP contribution in [0.15, 0.2) is 28.3 Å². The van der Waals surface area contributed by atoms with Crippen LogP contribution in [-0.2, 0) is 4.79 Å². The average molecular weight is 307 g/mol. The Balaban J connectivity index is 2.30. The van der Waals surface area contributed by atoms with Gasteiger partial charge in [-0.05, 0) is 24.3 Å². The van der Waals surface area contributed by atoms with Crippen molar-refractivity contribution in [2.45, 2.75) is 32.2 Å². The number of hydrogen-bond donors (Lipinski definition) is 2. The highest BCUT2D eigenvalue weighted by molar-refractivity contribution is 7.13. The number of hydrogen-bond acceptors (Lipinski definition) is 5. The first kappa shape index (κ1) is 15.2. The molecule has 0 saturated heterocycles. The molecule has 21 heavy (non-hydrogen) atoms. The predicted molar refractivity (Wildman–Crippen MR) is 79.8 cm³/mol. The molecule has 0 aliphatic rings. The van der Waals surface area contributed by atoms with Crippen molar-refractivity contribution in [1.29, 1.82) is 0 Å². The molecule has 112 valence electrons. The Bertz CT molecular complexity index is 630. The molecule has 2 aromatic rings. The van der Waals surface area contributed by atoms with E-state index in [1.807, 2.05) is 17.5 Å². The van der Waals surface area contributed by atoms with Crippen LogP contribution in [0.2, 0.25) is 0 Å². The Labute approximate surface area is 126 Å². The fraction of sp³-hybridized carbons (Fsp3) is 0.357. The van der Waals surface area contributed by atoms with Gasteiger partial charge in [-0.15, -0.1) is 11.3 Å². The molecule has 2 rings (SSSR count). The van der Waals surface area contributed by atoms with E-state index >= 15 is 0 Å². The number of primary amides is 1. The second kappa shape index (κ2) is 6.09. The van der Waals surface area contributed by atoms with Gasteiger partial charge in [-0.25, -0.2) is 4.98 Å². The van der Waals surface area contributed by atoms with Gasteiger partial charge >= 0.3 is 0 Å². The van der Waals surface area contributed by atoms with E-state index in [4.69, 9.17) is 10.2 Å². The minimum absolute atomic E-state index is 0.157. The van der Waals surface area contributed by atoms with E-state index in [0.29, 0.717) is 18.6 Å². The van der Waals surface area contributed by atoms with Crippen LogP contribution in [-0.4, -0.2) is 22.3 Å². The van der Waals surface area contributed by atoms with Gasteiger partial charge in [0.05, 0.1) is 4.88 Å². The van der Waals surface area contributed by atoms with Gasteiger partial charge < -0.3 is 15.5 Å². The van der Waals surface area contributed by atoms with Gasteiger partial charge in [-0.1, -0.05) is 19.9 Å². The summed E-state index contributed by atoms with van der Waals surface area (Å²) in [6.45, 7) is 3.61. The Kier molecular flexibility index (Phi) is 4.42. The van der Waals surface area contributed by atoms with Gasteiger partial charge in [0.1, 0.15) is 5.54 Å². The van der Waals surface area contributed by atoms with E-state index in [9.17, 15) is 9.59 Å². The molecule has 2 aromatic heterocycles. The van der Waals surface area contributed by atoms with Crippen LogP contribution >= 0.6 is 11.3 Å². The third kappa shape index (κ3) is 2.82. The lowest BCUT2D eigenvalue weighted by Gasteiger charge is -2.28. The molecule has 2 heterocycles. The van der Waals surface area contributed by atoms with Crippen molar-refractivity contribution in [3.05, 3.63) is 29.6 Å². The van der Waals surface area contributed by atoms with Crippen LogP contribution in [0.5, 0.6) is 0 Å². The van der Waals surface area contributed by atoms with Crippen molar-refractivity contribution in [1.82, 2.24) is 10.3 Å². The first-order valence-corrected chi connectivity index (χ1v) is 7.51. The zero-order valence-corrected chi connectivity index (χ0v) is 12.7. The summed E-state index contributed by atoms with van der Waals surface area (Å²) in [5.74, 6) is -0.621. The number of nitrogens with two attached hydrogens (primary N) is 1. The molecule has 0 aliphatic heterocycles. The predicted octanol–water partition coefficient (Wildman–Crippen LogP) is 2.18. The summed E-state index contributed by atoms with van der Waals surface area (Å²) in [5, 5.41) is 4.58. The van der Waals surface area contributed by atoms with E-state index in [0.717, 1.165) is 4.88 Å². The van der Waals surface area contributed by atoms with Gasteiger partial charge in [0.2, 0.25) is 5.91 Å². The number of aromatic nitrogens is 1. The summed E-state index contributed by atoms with van der Waals surface area (Å²) in [4.78, 5) is 28.9. The van der Waals surface area contributed by atoms with E-state index < -0.39 is 17.4 Å². The summed E-state index contributed by atoms with van der Waals surface area (Å²) in [6.07, 6.45) is 2.04. The van der Waals surface area contributed by atoms with Gasteiger partial charge in [-0.2, -0.15) is 0 Å². The lowest BCUT2D eigenvalue weighted by atomic mass is 9.91. The number of amides is 2. The van der Waals surface area contributed by atoms with Crippen LogP contribution < -0.4 is 11.1 Å². The highest BCUT2D eigenvalue weighted by atomic mass is 32.1. The smallest absolute Gasteiger partial charge is 0.274 e. The lowest BCUT2D eigenvalue weighted by Crippen LogP contribution is -2.56. The Hall–Kier alpha value is -2.15. The van der Waals surface area contributed by atoms with Crippen molar-refractivity contribution in [3.8, 4) is 10.6 Å². The summed E-state index contributed by atoms with van der Waals surface area (Å²) in [6, 6.07) is 3.69. The fourth-order valence-electron chi connectivity index (χ4n) is 2.10. The zero-order valence-electron chi connectivity index (χ0n) is 11.9. The summed E-state index contributed by atoms with van der Waals surface area (Å²) >= 11 is 1.44. The van der Waals surface area contributed by atoms with Crippen molar-refractivity contribution < 1.29 is 14.0 Å². The highest BCUT2D eigenvalue weighted by Crippen LogP contribution is 2.28.